The molecule has 0 aliphatic rings. The number of aromatic nitrogens is 2. The van der Waals surface area contributed by atoms with Crippen molar-refractivity contribution < 1.29 is 9.18 Å². The van der Waals surface area contributed by atoms with Gasteiger partial charge in [-0.1, -0.05) is 0 Å². The Labute approximate surface area is 108 Å². The van der Waals surface area contributed by atoms with Crippen LogP contribution in [0.5, 0.6) is 0 Å². The summed E-state index contributed by atoms with van der Waals surface area (Å²) in [6.07, 6.45) is 2.84. The largest absolute Gasteiger partial charge is 0.306 e. The van der Waals surface area contributed by atoms with Crippen molar-refractivity contribution in [1.82, 2.24) is 9.97 Å². The summed E-state index contributed by atoms with van der Waals surface area (Å²) >= 11 is 0. The minimum absolute atomic E-state index is 0.161. The molecule has 0 aliphatic heterocycles. The molecule has 2 heterocycles. The Balaban J connectivity index is 2.25. The van der Waals surface area contributed by atoms with Crippen LogP contribution in [0.1, 0.15) is 15.9 Å². The number of amides is 1. The van der Waals surface area contributed by atoms with Gasteiger partial charge in [0.1, 0.15) is 5.82 Å². The van der Waals surface area contributed by atoms with Gasteiger partial charge in [-0.3, -0.25) is 4.79 Å². The number of hydrogen-bond donors (Lipinski definition) is 3. The summed E-state index contributed by atoms with van der Waals surface area (Å²) in [6.45, 7) is 1.86. The Hall–Kier alpha value is -2.54. The predicted molar refractivity (Wildman–Crippen MR) is 68.9 cm³/mol. The SMILES string of the molecule is Cc1ccnc(NC(=O)c2ccnc(NN)c2F)c1. The van der Waals surface area contributed by atoms with Gasteiger partial charge in [-0.2, -0.15) is 0 Å². The van der Waals surface area contributed by atoms with Crippen molar-refractivity contribution in [3.8, 4) is 0 Å². The summed E-state index contributed by atoms with van der Waals surface area (Å²) < 4.78 is 13.8. The van der Waals surface area contributed by atoms with Crippen molar-refractivity contribution in [3.63, 3.8) is 0 Å². The van der Waals surface area contributed by atoms with Crippen LogP contribution in [0.2, 0.25) is 0 Å². The number of nitrogen functional groups attached to an aromatic ring is 1. The van der Waals surface area contributed by atoms with E-state index >= 15 is 0 Å². The Morgan fingerprint density at radius 2 is 2.05 bits per heavy atom. The number of carbonyl (C=O) groups excluding carboxylic acids is 1. The van der Waals surface area contributed by atoms with E-state index in [2.05, 4.69) is 20.7 Å². The van der Waals surface area contributed by atoms with E-state index in [-0.39, 0.29) is 11.4 Å². The van der Waals surface area contributed by atoms with E-state index in [1.54, 1.807) is 18.3 Å². The molecule has 6 nitrogen and oxygen atoms in total. The average molecular weight is 261 g/mol. The first kappa shape index (κ1) is 12.9. The second kappa shape index (κ2) is 5.40. The fraction of sp³-hybridized carbons (Fsp3) is 0.0833. The summed E-state index contributed by atoms with van der Waals surface area (Å²) in [4.78, 5) is 19.5. The van der Waals surface area contributed by atoms with Crippen LogP contribution >= 0.6 is 0 Å². The third kappa shape index (κ3) is 2.83. The second-order valence-corrected chi connectivity index (χ2v) is 3.84. The van der Waals surface area contributed by atoms with Crippen molar-refractivity contribution in [2.75, 3.05) is 10.7 Å². The lowest BCUT2D eigenvalue weighted by molar-refractivity contribution is 0.102. The molecule has 0 radical (unpaired) electrons. The number of rotatable bonds is 3. The molecular formula is C12H12FN5O. The van der Waals surface area contributed by atoms with Gasteiger partial charge in [-0.25, -0.2) is 20.2 Å². The lowest BCUT2D eigenvalue weighted by Gasteiger charge is -2.07. The van der Waals surface area contributed by atoms with Crippen LogP contribution in [-0.4, -0.2) is 15.9 Å². The maximum absolute atomic E-state index is 13.8. The van der Waals surface area contributed by atoms with Gasteiger partial charge in [-0.05, 0) is 30.7 Å². The molecule has 2 rings (SSSR count). The molecule has 2 aromatic heterocycles. The number of hydrogen-bond acceptors (Lipinski definition) is 5. The summed E-state index contributed by atoms with van der Waals surface area (Å²) in [6, 6.07) is 4.74. The third-order valence-electron chi connectivity index (χ3n) is 2.43. The molecule has 0 bridgehead atoms. The van der Waals surface area contributed by atoms with Crippen LogP contribution < -0.4 is 16.6 Å². The summed E-state index contributed by atoms with van der Waals surface area (Å²) in [5.41, 5.74) is 2.86. The number of nitrogens with one attached hydrogen (secondary N) is 2. The lowest BCUT2D eigenvalue weighted by Crippen LogP contribution is -2.18. The maximum Gasteiger partial charge on any atom is 0.259 e. The number of halogens is 1. The molecule has 98 valence electrons. The minimum atomic E-state index is -0.810. The molecule has 2 aromatic rings. The van der Waals surface area contributed by atoms with Crippen LogP contribution in [0, 0.1) is 12.7 Å². The van der Waals surface area contributed by atoms with Gasteiger partial charge in [-0.15, -0.1) is 0 Å². The molecule has 0 aliphatic carbocycles. The zero-order chi connectivity index (χ0) is 13.8. The fourth-order valence-electron chi connectivity index (χ4n) is 1.51. The van der Waals surface area contributed by atoms with E-state index in [4.69, 9.17) is 5.84 Å². The number of nitrogens with two attached hydrogens (primary N) is 1. The molecule has 1 amide bonds. The van der Waals surface area contributed by atoms with Gasteiger partial charge in [0.15, 0.2) is 11.6 Å². The molecule has 0 unspecified atom stereocenters. The van der Waals surface area contributed by atoms with Crippen molar-refractivity contribution >= 4 is 17.5 Å². The van der Waals surface area contributed by atoms with E-state index in [9.17, 15) is 9.18 Å². The molecule has 0 atom stereocenters. The monoisotopic (exact) mass is 261 g/mol. The standard InChI is InChI=1S/C12H12FN5O/c1-7-2-4-15-9(6-7)17-12(19)8-3-5-16-11(18-14)10(8)13/h2-6H,14H2,1H3,(H,16,18)(H,15,17,19). The van der Waals surface area contributed by atoms with Crippen molar-refractivity contribution in [2.24, 2.45) is 5.84 Å². The highest BCUT2D eigenvalue weighted by atomic mass is 19.1. The molecule has 0 fully saturated rings. The van der Waals surface area contributed by atoms with Crippen molar-refractivity contribution in [1.29, 1.82) is 0 Å². The molecule has 0 saturated heterocycles. The number of carbonyl (C=O) groups is 1. The number of anilines is 2. The number of pyridine rings is 2. The summed E-state index contributed by atoms with van der Waals surface area (Å²) in [5, 5.41) is 2.50. The topological polar surface area (TPSA) is 92.9 Å². The number of nitrogens with zero attached hydrogens (tertiary/aromatic N) is 2. The third-order valence-corrected chi connectivity index (χ3v) is 2.43. The average Bonchev–Trinajstić information content (AvgIpc) is 2.39. The van der Waals surface area contributed by atoms with Gasteiger partial charge in [0, 0.05) is 12.4 Å². The zero-order valence-corrected chi connectivity index (χ0v) is 10.1. The van der Waals surface area contributed by atoms with Crippen molar-refractivity contribution in [2.45, 2.75) is 6.92 Å². The summed E-state index contributed by atoms with van der Waals surface area (Å²) in [5.74, 6) is 3.83. The lowest BCUT2D eigenvalue weighted by atomic mass is 10.2. The zero-order valence-electron chi connectivity index (χ0n) is 10.1. The molecular weight excluding hydrogens is 249 g/mol. The smallest absolute Gasteiger partial charge is 0.259 e. The fourth-order valence-corrected chi connectivity index (χ4v) is 1.51. The molecule has 7 heteroatoms. The van der Waals surface area contributed by atoms with Crippen LogP contribution in [-0.2, 0) is 0 Å². The predicted octanol–water partition coefficient (Wildman–Crippen LogP) is 1.46. The van der Waals surface area contributed by atoms with Crippen LogP contribution in [0.15, 0.2) is 30.6 Å². The van der Waals surface area contributed by atoms with E-state index in [1.165, 1.54) is 12.3 Å². The highest BCUT2D eigenvalue weighted by molar-refractivity contribution is 6.04. The van der Waals surface area contributed by atoms with E-state index in [0.29, 0.717) is 5.82 Å². The molecule has 0 aromatic carbocycles. The normalized spacial score (nSPS) is 10.1. The minimum Gasteiger partial charge on any atom is -0.306 e. The molecule has 19 heavy (non-hydrogen) atoms. The van der Waals surface area contributed by atoms with Crippen LogP contribution in [0.25, 0.3) is 0 Å². The van der Waals surface area contributed by atoms with E-state index in [1.807, 2.05) is 6.92 Å². The van der Waals surface area contributed by atoms with Crippen molar-refractivity contribution in [3.05, 3.63) is 47.5 Å². The Morgan fingerprint density at radius 3 is 2.74 bits per heavy atom. The first-order chi connectivity index (χ1) is 9.11. The van der Waals surface area contributed by atoms with E-state index < -0.39 is 11.7 Å². The maximum atomic E-state index is 13.8. The molecule has 0 spiro atoms. The van der Waals surface area contributed by atoms with Gasteiger partial charge in [0.2, 0.25) is 0 Å². The van der Waals surface area contributed by atoms with Crippen LogP contribution in [0.4, 0.5) is 16.0 Å². The van der Waals surface area contributed by atoms with E-state index in [0.717, 1.165) is 5.56 Å². The Kier molecular flexibility index (Phi) is 3.67. The Bertz CT molecular complexity index is 617. The first-order valence-electron chi connectivity index (χ1n) is 5.47. The van der Waals surface area contributed by atoms with Gasteiger partial charge in [0.05, 0.1) is 5.56 Å². The Morgan fingerprint density at radius 1 is 1.32 bits per heavy atom. The quantitative estimate of drug-likeness (QED) is 0.574. The van der Waals surface area contributed by atoms with Crippen LogP contribution in [0.3, 0.4) is 0 Å². The first-order valence-corrected chi connectivity index (χ1v) is 5.47. The summed E-state index contributed by atoms with van der Waals surface area (Å²) in [7, 11) is 0. The van der Waals surface area contributed by atoms with Gasteiger partial charge < -0.3 is 10.7 Å². The number of hydrazine groups is 1. The van der Waals surface area contributed by atoms with Gasteiger partial charge >= 0.3 is 0 Å². The second-order valence-electron chi connectivity index (χ2n) is 3.84. The number of aryl methyl sites for hydroxylation is 1. The molecule has 4 N–H and O–H groups in total. The highest BCUT2D eigenvalue weighted by Gasteiger charge is 2.16. The highest BCUT2D eigenvalue weighted by Crippen LogP contribution is 2.15. The van der Waals surface area contributed by atoms with Gasteiger partial charge in [0.25, 0.3) is 5.91 Å². The molecule has 0 saturated carbocycles.